The normalized spacial score (nSPS) is 57.4. The average Bonchev–Trinajstić information content (AvgIpc) is 3.80. The highest BCUT2D eigenvalue weighted by Crippen LogP contribution is 2.70. The zero-order valence-electron chi connectivity index (χ0n) is 41.4. The van der Waals surface area contributed by atoms with E-state index < -0.39 is 142 Å². The lowest BCUT2D eigenvalue weighted by atomic mass is 9.47. The van der Waals surface area contributed by atoms with Gasteiger partial charge in [0.1, 0.15) is 85.5 Å². The van der Waals surface area contributed by atoms with Crippen molar-refractivity contribution in [3.63, 3.8) is 0 Å². The molecule has 6 aliphatic heterocycles. The van der Waals surface area contributed by atoms with Crippen molar-refractivity contribution in [1.29, 1.82) is 0 Å². The van der Waals surface area contributed by atoms with E-state index in [2.05, 4.69) is 33.8 Å². The van der Waals surface area contributed by atoms with E-state index >= 15 is 0 Å². The molecule has 0 radical (unpaired) electrons. The van der Waals surface area contributed by atoms with E-state index in [9.17, 15) is 56.2 Å². The molecule has 0 aromatic carbocycles. The van der Waals surface area contributed by atoms with E-state index in [1.807, 2.05) is 0 Å². The molecule has 30 atom stereocenters. The van der Waals surface area contributed by atoms with E-state index in [0.29, 0.717) is 48.3 Å². The van der Waals surface area contributed by atoms with Crippen LogP contribution < -0.4 is 0 Å². The second kappa shape index (κ2) is 20.4. The highest BCUT2D eigenvalue weighted by Gasteiger charge is 2.69. The first-order chi connectivity index (χ1) is 33.7. The minimum absolute atomic E-state index is 0.0908. The van der Waals surface area contributed by atoms with Gasteiger partial charge >= 0.3 is 0 Å². The molecule has 6 saturated heterocycles. The van der Waals surface area contributed by atoms with Gasteiger partial charge in [0.15, 0.2) is 30.9 Å². The number of hydrogen-bond acceptors (Lipinski definition) is 21. The van der Waals surface area contributed by atoms with Crippen molar-refractivity contribution in [2.75, 3.05) is 26.4 Å². The first kappa shape index (κ1) is 53.3. The molecule has 406 valence electrons. The molecule has 0 amide bonds. The SMILES string of the molecule is C[C@H]1CC[C@@]2(OC1)O[C@H]1C[C@H]3[C@@H]4CC=C5C[C@@H](O[C@@H]6O[C@H](CO)[C@@H](O)[C@H](O[C@@H]7O[C@H](CO[C@@H]8OC[C@@H](O)[C@H](O)[C@H]8O)[C@@H](O)[C@H](O)[C@H]7O)[C@H]6O[C@@H]6O[C@@H](C)[C@H](O)[C@@H](O)[C@H]6O)CC[C@]5(C)[C@@H]4CC[C@]3(C)[C@H]1[C@@H]2C. The second-order valence-electron chi connectivity index (χ2n) is 23.5. The monoisotopic (exact) mass is 1020 g/mol. The summed E-state index contributed by atoms with van der Waals surface area (Å²) >= 11 is 0. The summed E-state index contributed by atoms with van der Waals surface area (Å²) in [5.74, 6) is 2.34. The van der Waals surface area contributed by atoms with E-state index in [0.717, 1.165) is 51.6 Å². The maximum atomic E-state index is 11.8. The Balaban J connectivity index is 0.866. The largest absolute Gasteiger partial charge is 0.394 e. The van der Waals surface area contributed by atoms with E-state index in [4.69, 9.17) is 47.4 Å². The van der Waals surface area contributed by atoms with E-state index in [1.54, 1.807) is 0 Å². The third-order valence-corrected chi connectivity index (χ3v) is 19.4. The zero-order chi connectivity index (χ0) is 50.6. The Bertz CT molecular complexity index is 1870. The van der Waals surface area contributed by atoms with Gasteiger partial charge in [0.25, 0.3) is 0 Å². The summed E-state index contributed by atoms with van der Waals surface area (Å²) in [7, 11) is 0. The second-order valence-corrected chi connectivity index (χ2v) is 23.5. The van der Waals surface area contributed by atoms with Crippen molar-refractivity contribution in [3.05, 3.63) is 11.6 Å². The van der Waals surface area contributed by atoms with Gasteiger partial charge in [-0.05, 0) is 98.7 Å². The molecule has 6 heterocycles. The Labute approximate surface area is 414 Å². The lowest BCUT2D eigenvalue weighted by molar-refractivity contribution is -0.395. The quantitative estimate of drug-likeness (QED) is 0.113. The first-order valence-corrected chi connectivity index (χ1v) is 26.3. The molecule has 71 heavy (non-hydrogen) atoms. The Morgan fingerprint density at radius 2 is 1.34 bits per heavy atom. The predicted molar refractivity (Wildman–Crippen MR) is 241 cm³/mol. The van der Waals surface area contributed by atoms with Crippen LogP contribution in [0.5, 0.6) is 0 Å². The third kappa shape index (κ3) is 9.22. The van der Waals surface area contributed by atoms with Gasteiger partial charge in [0, 0.05) is 12.3 Å². The number of fused-ring (bicyclic) bond motifs is 7. The fourth-order valence-electron chi connectivity index (χ4n) is 15.1. The van der Waals surface area contributed by atoms with Crippen LogP contribution in [0.2, 0.25) is 0 Å². The fourth-order valence-corrected chi connectivity index (χ4v) is 15.1. The van der Waals surface area contributed by atoms with Crippen LogP contribution in [0.1, 0.15) is 92.4 Å². The van der Waals surface area contributed by atoms with Crippen molar-refractivity contribution < 1.29 is 104 Å². The van der Waals surface area contributed by atoms with Crippen LogP contribution in [-0.4, -0.2) is 217 Å². The predicted octanol–water partition coefficient (Wildman–Crippen LogP) is -1.32. The van der Waals surface area contributed by atoms with Gasteiger partial charge in [-0.15, -0.1) is 0 Å². The molecule has 0 unspecified atom stereocenters. The van der Waals surface area contributed by atoms with Crippen LogP contribution >= 0.6 is 0 Å². The van der Waals surface area contributed by atoms with Crippen molar-refractivity contribution in [2.24, 2.45) is 46.3 Å². The van der Waals surface area contributed by atoms with E-state index in [-0.39, 0.29) is 23.5 Å². The molecule has 1 spiro atoms. The molecule has 0 aromatic rings. The van der Waals surface area contributed by atoms with Crippen LogP contribution in [0, 0.1) is 46.3 Å². The van der Waals surface area contributed by atoms with Crippen molar-refractivity contribution in [2.45, 2.75) is 227 Å². The Morgan fingerprint density at radius 3 is 2.06 bits per heavy atom. The topological polar surface area (TPSA) is 315 Å². The van der Waals surface area contributed by atoms with Gasteiger partial charge in [-0.25, -0.2) is 0 Å². The molecular weight excluding hydrogens is 937 g/mol. The fraction of sp³-hybridized carbons (Fsp3) is 0.960. The molecule has 0 bridgehead atoms. The Morgan fingerprint density at radius 1 is 0.648 bits per heavy atom. The van der Waals surface area contributed by atoms with Crippen LogP contribution in [0.4, 0.5) is 0 Å². The van der Waals surface area contributed by atoms with E-state index in [1.165, 1.54) is 12.5 Å². The summed E-state index contributed by atoms with van der Waals surface area (Å²) in [6, 6.07) is 0. The summed E-state index contributed by atoms with van der Waals surface area (Å²) in [4.78, 5) is 0. The van der Waals surface area contributed by atoms with Gasteiger partial charge < -0.3 is 104 Å². The van der Waals surface area contributed by atoms with Crippen molar-refractivity contribution in [3.8, 4) is 0 Å². The maximum absolute atomic E-state index is 11.8. The van der Waals surface area contributed by atoms with Gasteiger partial charge in [-0.3, -0.25) is 0 Å². The highest BCUT2D eigenvalue weighted by atomic mass is 16.8. The Kier molecular flexibility index (Phi) is 15.3. The summed E-state index contributed by atoms with van der Waals surface area (Å²) in [6.07, 6.45) is -20.1. The lowest BCUT2D eigenvalue weighted by Gasteiger charge is -2.59. The number of aliphatic hydroxyl groups is 11. The summed E-state index contributed by atoms with van der Waals surface area (Å²) in [6.45, 7) is 10.0. The average molecular weight is 1020 g/mol. The van der Waals surface area contributed by atoms with Crippen LogP contribution in [0.3, 0.4) is 0 Å². The van der Waals surface area contributed by atoms with Gasteiger partial charge in [0.2, 0.25) is 0 Å². The zero-order valence-corrected chi connectivity index (χ0v) is 41.4. The summed E-state index contributed by atoms with van der Waals surface area (Å²) < 4.78 is 61.8. The smallest absolute Gasteiger partial charge is 0.187 e. The summed E-state index contributed by atoms with van der Waals surface area (Å²) in [5.41, 5.74) is 1.35. The standard InChI is InChI=1S/C50H80O21/c1-20-8-13-50(64-17-20)21(2)32-29(71-50)15-27-25-7-6-23-14-24(9-11-48(23,4)26(25)10-12-49(27,32)5)66-47-43(70-45-40(60)37(57)33(53)22(3)65-45)42(36(56)30(16-51)67-47)69-46-41(61)38(58)35(55)31(68-46)19-63-44-39(59)34(54)28(52)18-62-44/h6,20-22,24-47,51-61H,7-19H2,1-5H3/t20-,21-,22-,24-,25+,26+,27-,28+,29-,30+,31+,32-,33-,34-,35+,36+,37+,38-,39+,40+,41+,42-,43+,44-,45-,46-,47+,48-,49-,50+/m0/s1. The van der Waals surface area contributed by atoms with Crippen molar-refractivity contribution in [1.82, 2.24) is 0 Å². The minimum Gasteiger partial charge on any atom is -0.394 e. The molecule has 10 rings (SSSR count). The minimum atomic E-state index is -1.95. The molecule has 21 nitrogen and oxygen atoms in total. The number of hydrogen-bond donors (Lipinski definition) is 11. The van der Waals surface area contributed by atoms with Gasteiger partial charge in [-0.2, -0.15) is 0 Å². The molecule has 11 N–H and O–H groups in total. The van der Waals surface area contributed by atoms with Gasteiger partial charge in [0.05, 0.1) is 44.7 Å². The first-order valence-electron chi connectivity index (χ1n) is 26.3. The summed E-state index contributed by atoms with van der Waals surface area (Å²) in [5, 5.41) is 118. The molecule has 9 fully saturated rings. The lowest BCUT2D eigenvalue weighted by Crippen LogP contribution is -2.67. The molecule has 10 aliphatic rings. The van der Waals surface area contributed by atoms with Crippen molar-refractivity contribution >= 4 is 0 Å². The third-order valence-electron chi connectivity index (χ3n) is 19.4. The van der Waals surface area contributed by atoms with Gasteiger partial charge in [-0.1, -0.05) is 39.3 Å². The van der Waals surface area contributed by atoms with Crippen LogP contribution in [-0.2, 0) is 47.4 Å². The van der Waals surface area contributed by atoms with Crippen LogP contribution in [0.15, 0.2) is 11.6 Å². The molecular formula is C50H80O21. The molecule has 3 saturated carbocycles. The van der Waals surface area contributed by atoms with Crippen LogP contribution in [0.25, 0.3) is 0 Å². The molecule has 0 aromatic heterocycles. The molecule has 21 heteroatoms. The maximum Gasteiger partial charge on any atom is 0.187 e. The molecule has 4 aliphatic carbocycles. The number of ether oxygens (including phenoxy) is 10. The number of aliphatic hydroxyl groups excluding tert-OH is 11. The number of rotatable bonds is 10. The number of allylic oxidation sites excluding steroid dienone is 1. The highest BCUT2D eigenvalue weighted by molar-refractivity contribution is 5.26. The Hall–Kier alpha value is -1.10.